The van der Waals surface area contributed by atoms with Gasteiger partial charge in [-0.2, -0.15) is 0 Å². The predicted octanol–water partition coefficient (Wildman–Crippen LogP) is 4.21. The Labute approximate surface area is 169 Å². The van der Waals surface area contributed by atoms with Gasteiger partial charge in [0.15, 0.2) is 0 Å². The van der Waals surface area contributed by atoms with E-state index in [1.165, 1.54) is 48.5 Å². The molecule has 1 amide bonds. The molecule has 0 atom stereocenters. The lowest BCUT2D eigenvalue weighted by Gasteiger charge is -2.18. The molecular weight excluding hydrogens is 391 g/mol. The van der Waals surface area contributed by atoms with Gasteiger partial charge in [0.2, 0.25) is 0 Å². The summed E-state index contributed by atoms with van der Waals surface area (Å²) in [5.74, 6) is -0.661. The van der Waals surface area contributed by atoms with Gasteiger partial charge in [-0.15, -0.1) is 0 Å². The van der Waals surface area contributed by atoms with Gasteiger partial charge < -0.3 is 4.90 Å². The van der Waals surface area contributed by atoms with Crippen molar-refractivity contribution in [2.45, 2.75) is 18.4 Å². The molecular formula is C22H21FN2O3S. The van der Waals surface area contributed by atoms with Crippen LogP contribution in [0.2, 0.25) is 0 Å². The van der Waals surface area contributed by atoms with Crippen molar-refractivity contribution in [3.8, 4) is 0 Å². The average Bonchev–Trinajstić information content (AvgIpc) is 2.71. The Morgan fingerprint density at radius 2 is 1.52 bits per heavy atom. The van der Waals surface area contributed by atoms with Crippen LogP contribution in [0.4, 0.5) is 10.1 Å². The summed E-state index contributed by atoms with van der Waals surface area (Å²) in [6.45, 7) is 2.45. The fraction of sp³-hybridized carbons (Fsp3) is 0.136. The Bertz CT molecular complexity index is 1090. The highest BCUT2D eigenvalue weighted by molar-refractivity contribution is 7.92. The zero-order valence-electron chi connectivity index (χ0n) is 16.1. The molecule has 3 aromatic carbocycles. The zero-order chi connectivity index (χ0) is 21.0. The molecule has 0 saturated heterocycles. The van der Waals surface area contributed by atoms with E-state index in [-0.39, 0.29) is 16.5 Å². The summed E-state index contributed by atoms with van der Waals surface area (Å²) >= 11 is 0. The molecule has 3 aromatic rings. The van der Waals surface area contributed by atoms with Gasteiger partial charge >= 0.3 is 0 Å². The number of nitrogens with zero attached hydrogens (tertiary/aromatic N) is 1. The quantitative estimate of drug-likeness (QED) is 0.660. The van der Waals surface area contributed by atoms with Crippen LogP contribution in [0.3, 0.4) is 0 Å². The number of hydrogen-bond donors (Lipinski definition) is 1. The largest absolute Gasteiger partial charge is 0.337 e. The van der Waals surface area contributed by atoms with Crippen LogP contribution < -0.4 is 4.72 Å². The minimum Gasteiger partial charge on any atom is -0.337 e. The monoisotopic (exact) mass is 412 g/mol. The molecule has 29 heavy (non-hydrogen) atoms. The Morgan fingerprint density at radius 3 is 2.10 bits per heavy atom. The Balaban J connectivity index is 1.70. The third-order valence-electron chi connectivity index (χ3n) is 4.40. The summed E-state index contributed by atoms with van der Waals surface area (Å²) in [6.07, 6.45) is 0. The van der Waals surface area contributed by atoms with Gasteiger partial charge in [0.25, 0.3) is 15.9 Å². The molecule has 0 radical (unpaired) electrons. The predicted molar refractivity (Wildman–Crippen MR) is 111 cm³/mol. The van der Waals surface area contributed by atoms with Crippen molar-refractivity contribution in [2.24, 2.45) is 0 Å². The first-order valence-corrected chi connectivity index (χ1v) is 10.4. The molecule has 0 unspecified atom stereocenters. The number of benzene rings is 3. The second-order valence-corrected chi connectivity index (χ2v) is 8.47. The molecule has 0 bridgehead atoms. The van der Waals surface area contributed by atoms with Crippen molar-refractivity contribution in [3.63, 3.8) is 0 Å². The zero-order valence-corrected chi connectivity index (χ0v) is 16.9. The number of aryl methyl sites for hydroxylation is 1. The second kappa shape index (κ2) is 8.45. The standard InChI is InChI=1S/C22H21FN2O3S/c1-16-3-5-17(6-4-16)15-25(2)22(26)18-7-13-21(14-8-18)29(27,28)24-20-11-9-19(23)10-12-20/h3-14,24H,15H2,1-2H3. The second-order valence-electron chi connectivity index (χ2n) is 6.78. The molecule has 1 N–H and O–H groups in total. The molecule has 7 heteroatoms. The number of halogens is 1. The number of nitrogens with one attached hydrogen (secondary N) is 1. The van der Waals surface area contributed by atoms with Crippen LogP contribution >= 0.6 is 0 Å². The number of anilines is 1. The molecule has 0 fully saturated rings. The van der Waals surface area contributed by atoms with Crippen LogP contribution in [0.15, 0.2) is 77.7 Å². The van der Waals surface area contributed by atoms with E-state index in [1.54, 1.807) is 11.9 Å². The van der Waals surface area contributed by atoms with Gasteiger partial charge in [-0.05, 0) is 61.0 Å². The minimum absolute atomic E-state index is 0.0135. The molecule has 150 valence electrons. The van der Waals surface area contributed by atoms with Crippen molar-refractivity contribution >= 4 is 21.6 Å². The van der Waals surface area contributed by atoms with Gasteiger partial charge in [-0.1, -0.05) is 29.8 Å². The van der Waals surface area contributed by atoms with E-state index in [9.17, 15) is 17.6 Å². The number of amides is 1. The molecule has 0 aliphatic carbocycles. The maximum Gasteiger partial charge on any atom is 0.261 e. The van der Waals surface area contributed by atoms with Gasteiger partial charge in [-0.3, -0.25) is 9.52 Å². The van der Waals surface area contributed by atoms with Crippen molar-refractivity contribution in [1.82, 2.24) is 4.90 Å². The maximum atomic E-state index is 13.0. The highest BCUT2D eigenvalue weighted by atomic mass is 32.2. The molecule has 0 heterocycles. The number of carbonyl (C=O) groups excluding carboxylic acids is 1. The lowest BCUT2D eigenvalue weighted by molar-refractivity contribution is 0.0785. The van der Waals surface area contributed by atoms with Crippen molar-refractivity contribution in [2.75, 3.05) is 11.8 Å². The van der Waals surface area contributed by atoms with E-state index in [2.05, 4.69) is 4.72 Å². The SMILES string of the molecule is Cc1ccc(CN(C)C(=O)c2ccc(S(=O)(=O)Nc3ccc(F)cc3)cc2)cc1. The topological polar surface area (TPSA) is 66.5 Å². The van der Waals surface area contributed by atoms with Crippen LogP contribution in [0, 0.1) is 12.7 Å². The van der Waals surface area contributed by atoms with Gasteiger partial charge in [0.05, 0.1) is 4.90 Å². The van der Waals surface area contributed by atoms with E-state index < -0.39 is 15.8 Å². The molecule has 0 aromatic heterocycles. The number of rotatable bonds is 6. The van der Waals surface area contributed by atoms with Crippen LogP contribution in [0.5, 0.6) is 0 Å². The van der Waals surface area contributed by atoms with Crippen LogP contribution in [0.25, 0.3) is 0 Å². The summed E-state index contributed by atoms with van der Waals surface area (Å²) in [7, 11) is -2.14. The van der Waals surface area contributed by atoms with E-state index in [0.717, 1.165) is 11.1 Å². The molecule has 0 saturated carbocycles. The summed E-state index contributed by atoms with van der Waals surface area (Å²) in [6, 6.07) is 18.6. The molecule has 0 spiro atoms. The first kappa shape index (κ1) is 20.5. The average molecular weight is 412 g/mol. The minimum atomic E-state index is -3.84. The van der Waals surface area contributed by atoms with Gasteiger partial charge in [0, 0.05) is 24.8 Å². The third-order valence-corrected chi connectivity index (χ3v) is 5.79. The smallest absolute Gasteiger partial charge is 0.261 e. The lowest BCUT2D eigenvalue weighted by atomic mass is 10.1. The van der Waals surface area contributed by atoms with E-state index in [1.807, 2.05) is 31.2 Å². The van der Waals surface area contributed by atoms with E-state index >= 15 is 0 Å². The first-order chi connectivity index (χ1) is 13.7. The van der Waals surface area contributed by atoms with E-state index in [4.69, 9.17) is 0 Å². The molecule has 3 rings (SSSR count). The Hall–Kier alpha value is -3.19. The normalized spacial score (nSPS) is 11.1. The van der Waals surface area contributed by atoms with E-state index in [0.29, 0.717) is 12.1 Å². The number of carbonyl (C=O) groups is 1. The van der Waals surface area contributed by atoms with Gasteiger partial charge in [0.1, 0.15) is 5.82 Å². The van der Waals surface area contributed by atoms with Crippen LogP contribution in [-0.4, -0.2) is 26.3 Å². The first-order valence-electron chi connectivity index (χ1n) is 8.94. The summed E-state index contributed by atoms with van der Waals surface area (Å²) < 4.78 is 40.3. The highest BCUT2D eigenvalue weighted by Crippen LogP contribution is 2.18. The molecule has 0 aliphatic rings. The fourth-order valence-corrected chi connectivity index (χ4v) is 3.83. The van der Waals surface area contributed by atoms with Crippen molar-refractivity contribution < 1.29 is 17.6 Å². The van der Waals surface area contributed by atoms with Crippen LogP contribution in [-0.2, 0) is 16.6 Å². The Morgan fingerprint density at radius 1 is 0.931 bits per heavy atom. The summed E-state index contributed by atoms with van der Waals surface area (Å²) in [5, 5.41) is 0. The molecule has 0 aliphatic heterocycles. The number of sulfonamides is 1. The summed E-state index contributed by atoms with van der Waals surface area (Å²) in [4.78, 5) is 14.2. The summed E-state index contributed by atoms with van der Waals surface area (Å²) in [5.41, 5.74) is 2.80. The number of hydrogen-bond acceptors (Lipinski definition) is 3. The van der Waals surface area contributed by atoms with Gasteiger partial charge in [-0.25, -0.2) is 12.8 Å². The lowest BCUT2D eigenvalue weighted by Crippen LogP contribution is -2.26. The molecule has 5 nitrogen and oxygen atoms in total. The van der Waals surface area contributed by atoms with Crippen molar-refractivity contribution in [3.05, 3.63) is 95.3 Å². The highest BCUT2D eigenvalue weighted by Gasteiger charge is 2.17. The third kappa shape index (κ3) is 5.20. The fourth-order valence-electron chi connectivity index (χ4n) is 2.77. The Kier molecular flexibility index (Phi) is 5.98. The van der Waals surface area contributed by atoms with Crippen molar-refractivity contribution in [1.29, 1.82) is 0 Å². The van der Waals surface area contributed by atoms with Crippen LogP contribution in [0.1, 0.15) is 21.5 Å². The maximum absolute atomic E-state index is 13.0.